The third-order valence-corrected chi connectivity index (χ3v) is 3.25. The summed E-state index contributed by atoms with van der Waals surface area (Å²) in [7, 11) is 0. The summed E-state index contributed by atoms with van der Waals surface area (Å²) < 4.78 is 11.3. The van der Waals surface area contributed by atoms with Crippen LogP contribution in [-0.2, 0) is 15.9 Å². The molecule has 18 heavy (non-hydrogen) atoms. The van der Waals surface area contributed by atoms with Crippen LogP contribution < -0.4 is 5.32 Å². The third-order valence-electron chi connectivity index (χ3n) is 3.25. The van der Waals surface area contributed by atoms with Crippen molar-refractivity contribution < 1.29 is 9.47 Å². The molecule has 0 saturated carbocycles. The SMILES string of the molecule is CCCNC(Cc1ccccc1)C1COCCO1. The molecule has 1 N–H and O–H groups in total. The smallest absolute Gasteiger partial charge is 0.0965 e. The molecule has 2 rings (SSSR count). The van der Waals surface area contributed by atoms with E-state index in [1.165, 1.54) is 5.56 Å². The van der Waals surface area contributed by atoms with Gasteiger partial charge in [-0.1, -0.05) is 37.3 Å². The highest BCUT2D eigenvalue weighted by Gasteiger charge is 2.24. The number of ether oxygens (including phenoxy) is 2. The predicted octanol–water partition coefficient (Wildman–Crippen LogP) is 2.01. The highest BCUT2D eigenvalue weighted by molar-refractivity contribution is 5.16. The third kappa shape index (κ3) is 4.09. The average Bonchev–Trinajstić information content (AvgIpc) is 2.45. The van der Waals surface area contributed by atoms with Crippen LogP contribution in [0.2, 0.25) is 0 Å². The van der Waals surface area contributed by atoms with E-state index in [0.717, 1.165) is 26.0 Å². The lowest BCUT2D eigenvalue weighted by molar-refractivity contribution is -0.101. The molecule has 2 atom stereocenters. The number of nitrogens with one attached hydrogen (secondary N) is 1. The van der Waals surface area contributed by atoms with E-state index in [2.05, 4.69) is 42.6 Å². The fraction of sp³-hybridized carbons (Fsp3) is 0.600. The van der Waals surface area contributed by atoms with Gasteiger partial charge in [0.15, 0.2) is 0 Å². The monoisotopic (exact) mass is 249 g/mol. The Hall–Kier alpha value is -0.900. The van der Waals surface area contributed by atoms with E-state index >= 15 is 0 Å². The van der Waals surface area contributed by atoms with Gasteiger partial charge in [0.25, 0.3) is 0 Å². The Morgan fingerprint density at radius 3 is 2.78 bits per heavy atom. The summed E-state index contributed by atoms with van der Waals surface area (Å²) in [6.45, 7) is 5.35. The second-order valence-electron chi connectivity index (χ2n) is 4.73. The van der Waals surface area contributed by atoms with Gasteiger partial charge in [0.05, 0.1) is 25.9 Å². The molecule has 1 fully saturated rings. The van der Waals surface area contributed by atoms with E-state index in [-0.39, 0.29) is 6.10 Å². The Balaban J connectivity index is 1.95. The van der Waals surface area contributed by atoms with Gasteiger partial charge >= 0.3 is 0 Å². The van der Waals surface area contributed by atoms with Gasteiger partial charge in [0.2, 0.25) is 0 Å². The molecule has 2 unspecified atom stereocenters. The zero-order chi connectivity index (χ0) is 12.6. The quantitative estimate of drug-likeness (QED) is 0.836. The molecule has 1 aliphatic rings. The molecule has 1 heterocycles. The van der Waals surface area contributed by atoms with Crippen LogP contribution in [0.25, 0.3) is 0 Å². The summed E-state index contributed by atoms with van der Waals surface area (Å²) in [4.78, 5) is 0. The van der Waals surface area contributed by atoms with Crippen molar-refractivity contribution in [3.8, 4) is 0 Å². The first-order valence-corrected chi connectivity index (χ1v) is 6.87. The number of hydrogen-bond donors (Lipinski definition) is 1. The molecule has 0 spiro atoms. The molecule has 1 saturated heterocycles. The van der Waals surface area contributed by atoms with E-state index in [4.69, 9.17) is 9.47 Å². The number of rotatable bonds is 6. The Labute approximate surface area is 109 Å². The van der Waals surface area contributed by atoms with Gasteiger partial charge in [0, 0.05) is 6.04 Å². The predicted molar refractivity (Wildman–Crippen MR) is 72.8 cm³/mol. The summed E-state index contributed by atoms with van der Waals surface area (Å²) in [5, 5.41) is 3.58. The van der Waals surface area contributed by atoms with Gasteiger partial charge < -0.3 is 14.8 Å². The van der Waals surface area contributed by atoms with Crippen LogP contribution in [-0.4, -0.2) is 38.5 Å². The second-order valence-corrected chi connectivity index (χ2v) is 4.73. The molecule has 0 amide bonds. The second kappa shape index (κ2) is 7.52. The molecule has 0 aliphatic carbocycles. The molecule has 1 aliphatic heterocycles. The first-order chi connectivity index (χ1) is 8.90. The molecule has 1 aromatic rings. The molecular formula is C15H23NO2. The molecule has 100 valence electrons. The number of benzene rings is 1. The minimum absolute atomic E-state index is 0.172. The Morgan fingerprint density at radius 1 is 1.28 bits per heavy atom. The van der Waals surface area contributed by atoms with Crippen LogP contribution >= 0.6 is 0 Å². The van der Waals surface area contributed by atoms with Crippen molar-refractivity contribution in [2.45, 2.75) is 31.9 Å². The van der Waals surface area contributed by atoms with Crippen LogP contribution in [0, 0.1) is 0 Å². The highest BCUT2D eigenvalue weighted by Crippen LogP contribution is 2.12. The largest absolute Gasteiger partial charge is 0.376 e. The van der Waals surface area contributed by atoms with Crippen molar-refractivity contribution in [1.82, 2.24) is 5.32 Å². The van der Waals surface area contributed by atoms with E-state index in [0.29, 0.717) is 19.3 Å². The van der Waals surface area contributed by atoms with Crippen LogP contribution in [0.4, 0.5) is 0 Å². The number of hydrogen-bond acceptors (Lipinski definition) is 3. The molecule has 1 aromatic carbocycles. The lowest BCUT2D eigenvalue weighted by Gasteiger charge is -2.31. The van der Waals surface area contributed by atoms with Crippen LogP contribution in [0.5, 0.6) is 0 Å². The van der Waals surface area contributed by atoms with Gasteiger partial charge in [-0.05, 0) is 24.9 Å². The van der Waals surface area contributed by atoms with Crippen molar-refractivity contribution >= 4 is 0 Å². The molecule has 3 heteroatoms. The Kier molecular flexibility index (Phi) is 5.65. The van der Waals surface area contributed by atoms with Crippen molar-refractivity contribution in [3.05, 3.63) is 35.9 Å². The summed E-state index contributed by atoms with van der Waals surface area (Å²) in [5.41, 5.74) is 1.35. The van der Waals surface area contributed by atoms with E-state index < -0.39 is 0 Å². The molecule has 3 nitrogen and oxygen atoms in total. The summed E-state index contributed by atoms with van der Waals surface area (Å²) in [6.07, 6.45) is 2.30. The van der Waals surface area contributed by atoms with Gasteiger partial charge in [-0.15, -0.1) is 0 Å². The Bertz CT molecular complexity index is 323. The molecule has 0 aromatic heterocycles. The van der Waals surface area contributed by atoms with E-state index in [9.17, 15) is 0 Å². The van der Waals surface area contributed by atoms with Gasteiger partial charge in [0.1, 0.15) is 0 Å². The fourth-order valence-electron chi connectivity index (χ4n) is 2.27. The summed E-state index contributed by atoms with van der Waals surface area (Å²) >= 11 is 0. The lowest BCUT2D eigenvalue weighted by Crippen LogP contribution is -2.48. The minimum Gasteiger partial charge on any atom is -0.376 e. The zero-order valence-corrected chi connectivity index (χ0v) is 11.1. The van der Waals surface area contributed by atoms with Crippen LogP contribution in [0.3, 0.4) is 0 Å². The maximum Gasteiger partial charge on any atom is 0.0965 e. The zero-order valence-electron chi connectivity index (χ0n) is 11.1. The van der Waals surface area contributed by atoms with Gasteiger partial charge in [-0.2, -0.15) is 0 Å². The lowest BCUT2D eigenvalue weighted by atomic mass is 10.0. The first kappa shape index (κ1) is 13.5. The first-order valence-electron chi connectivity index (χ1n) is 6.87. The molecular weight excluding hydrogens is 226 g/mol. The Morgan fingerprint density at radius 2 is 2.11 bits per heavy atom. The van der Waals surface area contributed by atoms with Gasteiger partial charge in [-0.25, -0.2) is 0 Å². The van der Waals surface area contributed by atoms with Crippen molar-refractivity contribution in [2.24, 2.45) is 0 Å². The average molecular weight is 249 g/mol. The highest BCUT2D eigenvalue weighted by atomic mass is 16.6. The normalized spacial score (nSPS) is 21.7. The van der Waals surface area contributed by atoms with E-state index in [1.54, 1.807) is 0 Å². The van der Waals surface area contributed by atoms with Crippen LogP contribution in [0.15, 0.2) is 30.3 Å². The molecule has 0 radical (unpaired) electrons. The summed E-state index contributed by atoms with van der Waals surface area (Å²) in [5.74, 6) is 0. The minimum atomic E-state index is 0.172. The topological polar surface area (TPSA) is 30.5 Å². The maximum absolute atomic E-state index is 5.82. The van der Waals surface area contributed by atoms with Crippen molar-refractivity contribution in [2.75, 3.05) is 26.4 Å². The van der Waals surface area contributed by atoms with E-state index in [1.807, 2.05) is 0 Å². The molecule has 0 bridgehead atoms. The summed E-state index contributed by atoms with van der Waals surface area (Å²) in [6, 6.07) is 10.9. The van der Waals surface area contributed by atoms with Crippen LogP contribution in [0.1, 0.15) is 18.9 Å². The fourth-order valence-corrected chi connectivity index (χ4v) is 2.27. The van der Waals surface area contributed by atoms with Gasteiger partial charge in [-0.3, -0.25) is 0 Å². The maximum atomic E-state index is 5.82. The standard InChI is InChI=1S/C15H23NO2/c1-2-8-16-14(15-12-17-9-10-18-15)11-13-6-4-3-5-7-13/h3-7,14-16H,2,8-12H2,1H3. The van der Waals surface area contributed by atoms with Crippen molar-refractivity contribution in [3.63, 3.8) is 0 Å². The van der Waals surface area contributed by atoms with Crippen molar-refractivity contribution in [1.29, 1.82) is 0 Å².